The fourth-order valence-electron chi connectivity index (χ4n) is 2.12. The Morgan fingerprint density at radius 1 is 1.31 bits per heavy atom. The van der Waals surface area contributed by atoms with Crippen LogP contribution in [0.1, 0.15) is 23.0 Å². The molecule has 0 atom stereocenters. The average molecular weight is 398 g/mol. The number of ether oxygens (including phenoxy) is 1. The van der Waals surface area contributed by atoms with Gasteiger partial charge >= 0.3 is 11.7 Å². The Balaban J connectivity index is 2.11. The maximum atomic E-state index is 12.4. The summed E-state index contributed by atoms with van der Waals surface area (Å²) in [6.45, 7) is 2.02. The number of Topliss-reactive ketones (excluding diaryl/α,β-unsaturated/α-hetero) is 1. The van der Waals surface area contributed by atoms with E-state index in [1.54, 1.807) is 12.3 Å². The molecule has 2 rings (SSSR count). The summed E-state index contributed by atoms with van der Waals surface area (Å²) in [4.78, 5) is 52.1. The molecule has 11 heteroatoms. The van der Waals surface area contributed by atoms with Crippen LogP contribution in [0.3, 0.4) is 0 Å². The molecule has 0 aliphatic heterocycles. The predicted octanol–water partition coefficient (Wildman–Crippen LogP) is 0.203. The van der Waals surface area contributed by atoms with Crippen molar-refractivity contribution in [2.75, 3.05) is 18.1 Å². The molecule has 2 aromatic heterocycles. The molecule has 0 aliphatic rings. The molecule has 0 unspecified atom stereocenters. The van der Waals surface area contributed by atoms with Gasteiger partial charge in [0.2, 0.25) is 0 Å². The van der Waals surface area contributed by atoms with Crippen LogP contribution in [0.2, 0.25) is 0 Å². The molecule has 0 aromatic carbocycles. The molecular formula is C15H18N4O5S2. The third kappa shape index (κ3) is 4.22. The lowest BCUT2D eigenvalue weighted by atomic mass is 10.2. The summed E-state index contributed by atoms with van der Waals surface area (Å²) in [5, 5.41) is 1.71. The van der Waals surface area contributed by atoms with Crippen LogP contribution in [0.15, 0.2) is 19.3 Å². The van der Waals surface area contributed by atoms with Gasteiger partial charge in [0.1, 0.15) is 11.4 Å². The highest BCUT2D eigenvalue weighted by Gasteiger charge is 2.20. The molecule has 0 spiro atoms. The van der Waals surface area contributed by atoms with Gasteiger partial charge in [-0.3, -0.25) is 23.5 Å². The number of hydrogen-bond acceptors (Lipinski definition) is 9. The van der Waals surface area contributed by atoms with E-state index < -0.39 is 17.0 Å². The maximum absolute atomic E-state index is 12.4. The number of hydrogen-bond donors (Lipinski definition) is 1. The quantitative estimate of drug-likeness (QED) is 0.398. The van der Waals surface area contributed by atoms with Crippen molar-refractivity contribution < 1.29 is 14.3 Å². The summed E-state index contributed by atoms with van der Waals surface area (Å²) in [6, 6.07) is 0. The van der Waals surface area contributed by atoms with Gasteiger partial charge in [0, 0.05) is 19.5 Å². The van der Waals surface area contributed by atoms with Crippen molar-refractivity contribution in [2.45, 2.75) is 17.7 Å². The molecule has 0 radical (unpaired) electrons. The molecule has 0 fully saturated rings. The average Bonchev–Trinajstić information content (AvgIpc) is 3.04. The minimum atomic E-state index is -0.724. The Morgan fingerprint density at radius 3 is 2.65 bits per heavy atom. The van der Waals surface area contributed by atoms with Crippen molar-refractivity contribution in [1.29, 1.82) is 0 Å². The van der Waals surface area contributed by atoms with Crippen LogP contribution in [0.5, 0.6) is 0 Å². The van der Waals surface area contributed by atoms with Crippen molar-refractivity contribution in [3.05, 3.63) is 37.5 Å². The Morgan fingerprint density at radius 2 is 2.00 bits per heavy atom. The van der Waals surface area contributed by atoms with E-state index >= 15 is 0 Å². The Hall–Kier alpha value is -2.40. The van der Waals surface area contributed by atoms with Crippen molar-refractivity contribution in [3.8, 4) is 0 Å². The number of carbonyl (C=O) groups is 2. The second-order valence-corrected chi connectivity index (χ2v) is 7.34. The molecule has 26 heavy (non-hydrogen) atoms. The highest BCUT2D eigenvalue weighted by atomic mass is 32.2. The zero-order valence-electron chi connectivity index (χ0n) is 14.5. The van der Waals surface area contributed by atoms with E-state index in [1.165, 1.54) is 25.4 Å². The summed E-state index contributed by atoms with van der Waals surface area (Å²) >= 11 is 2.42. The van der Waals surface area contributed by atoms with E-state index in [-0.39, 0.29) is 29.5 Å². The highest BCUT2D eigenvalue weighted by molar-refractivity contribution is 8.01. The van der Waals surface area contributed by atoms with Gasteiger partial charge < -0.3 is 10.5 Å². The predicted molar refractivity (Wildman–Crippen MR) is 98.8 cm³/mol. The first-order valence-corrected chi connectivity index (χ1v) is 9.44. The first-order valence-electron chi connectivity index (χ1n) is 7.57. The molecule has 0 saturated carbocycles. The smallest absolute Gasteiger partial charge is 0.332 e. The molecular weight excluding hydrogens is 380 g/mol. The largest absolute Gasteiger partial charge is 0.466 e. The van der Waals surface area contributed by atoms with Crippen LogP contribution >= 0.6 is 23.1 Å². The van der Waals surface area contributed by atoms with Crippen molar-refractivity contribution in [2.24, 2.45) is 14.1 Å². The number of thiazole rings is 1. The topological polar surface area (TPSA) is 126 Å². The molecule has 0 aliphatic carbocycles. The summed E-state index contributed by atoms with van der Waals surface area (Å²) in [6.07, 6.45) is 0.0626. The highest BCUT2D eigenvalue weighted by Crippen LogP contribution is 2.24. The molecule has 2 N–H and O–H groups in total. The summed E-state index contributed by atoms with van der Waals surface area (Å²) in [5.41, 5.74) is 4.78. The van der Waals surface area contributed by atoms with E-state index in [4.69, 9.17) is 10.5 Å². The van der Waals surface area contributed by atoms with Crippen LogP contribution < -0.4 is 17.0 Å². The van der Waals surface area contributed by atoms with Crippen molar-refractivity contribution >= 4 is 40.7 Å². The monoisotopic (exact) mass is 398 g/mol. The Kier molecular flexibility index (Phi) is 6.37. The maximum Gasteiger partial charge on any atom is 0.332 e. The number of carbonyl (C=O) groups excluding carboxylic acids is 2. The minimum absolute atomic E-state index is 0.0626. The van der Waals surface area contributed by atoms with Crippen molar-refractivity contribution in [3.63, 3.8) is 0 Å². The van der Waals surface area contributed by atoms with Gasteiger partial charge in [0.25, 0.3) is 5.56 Å². The van der Waals surface area contributed by atoms with Gasteiger partial charge in [-0.25, -0.2) is 9.78 Å². The first kappa shape index (κ1) is 19.9. The van der Waals surface area contributed by atoms with E-state index in [2.05, 4.69) is 4.98 Å². The molecule has 9 nitrogen and oxygen atoms in total. The zero-order chi connectivity index (χ0) is 19.4. The van der Waals surface area contributed by atoms with Crippen molar-refractivity contribution in [1.82, 2.24) is 14.1 Å². The fraction of sp³-hybridized carbons (Fsp3) is 0.400. The number of esters is 1. The van der Waals surface area contributed by atoms with E-state index in [1.807, 2.05) is 0 Å². The van der Waals surface area contributed by atoms with Crippen LogP contribution in [0.4, 0.5) is 5.82 Å². The first-order chi connectivity index (χ1) is 12.3. The van der Waals surface area contributed by atoms with E-state index in [9.17, 15) is 19.2 Å². The van der Waals surface area contributed by atoms with Crippen LogP contribution in [0, 0.1) is 0 Å². The summed E-state index contributed by atoms with van der Waals surface area (Å²) in [7, 11) is 2.68. The van der Waals surface area contributed by atoms with Gasteiger partial charge in [0.15, 0.2) is 10.1 Å². The van der Waals surface area contributed by atoms with Gasteiger partial charge in [-0.15, -0.1) is 11.3 Å². The van der Waals surface area contributed by atoms with E-state index in [0.717, 1.165) is 20.9 Å². The lowest BCUT2D eigenvalue weighted by Gasteiger charge is -2.10. The number of rotatable bonds is 7. The fourth-order valence-corrected chi connectivity index (χ4v) is 3.83. The lowest BCUT2D eigenvalue weighted by Crippen LogP contribution is -2.41. The molecule has 140 valence electrons. The number of anilines is 1. The Bertz CT molecular complexity index is 960. The van der Waals surface area contributed by atoms with Crippen LogP contribution in [-0.2, 0) is 30.0 Å². The normalized spacial score (nSPS) is 10.7. The molecule has 0 amide bonds. The minimum Gasteiger partial charge on any atom is -0.466 e. The van der Waals surface area contributed by atoms with Gasteiger partial charge in [0.05, 0.1) is 24.5 Å². The molecule has 0 saturated heterocycles. The standard InChI is InChI=1S/C15H18N4O5S2/c1-4-24-10(21)5-8-6-25-14(17-8)26-7-9(20)11-12(16)18(2)15(23)19(3)13(11)22/h6H,4-5,7,16H2,1-3H3. The molecule has 2 heterocycles. The summed E-state index contributed by atoms with van der Waals surface area (Å²) in [5.74, 6) is -1.09. The van der Waals surface area contributed by atoms with Gasteiger partial charge in [-0.05, 0) is 6.92 Å². The number of aromatic nitrogens is 3. The zero-order valence-corrected chi connectivity index (χ0v) is 16.1. The SMILES string of the molecule is CCOC(=O)Cc1csc(SCC(=O)c2c(N)n(C)c(=O)n(C)c2=O)n1. The molecule has 2 aromatic rings. The number of nitrogens with zero attached hydrogens (tertiary/aromatic N) is 3. The molecule has 0 bridgehead atoms. The summed E-state index contributed by atoms with van der Waals surface area (Å²) < 4.78 is 7.33. The lowest BCUT2D eigenvalue weighted by molar-refractivity contribution is -0.142. The third-order valence-corrected chi connectivity index (χ3v) is 5.55. The second-order valence-electron chi connectivity index (χ2n) is 5.26. The van der Waals surface area contributed by atoms with Crippen LogP contribution in [0.25, 0.3) is 0 Å². The third-order valence-electron chi connectivity index (χ3n) is 3.48. The second kappa shape index (κ2) is 8.32. The van der Waals surface area contributed by atoms with Gasteiger partial charge in [-0.2, -0.15) is 0 Å². The number of nitrogens with two attached hydrogens (primary N) is 1. The number of nitrogen functional groups attached to an aromatic ring is 1. The van der Waals surface area contributed by atoms with E-state index in [0.29, 0.717) is 16.6 Å². The van der Waals surface area contributed by atoms with Crippen LogP contribution in [-0.4, -0.2) is 38.2 Å². The Labute approximate surface area is 156 Å². The number of ketones is 1. The van der Waals surface area contributed by atoms with Gasteiger partial charge in [-0.1, -0.05) is 11.8 Å². The number of thioether (sulfide) groups is 1.